The van der Waals surface area contributed by atoms with Gasteiger partial charge in [0.1, 0.15) is 23.7 Å². The molecule has 1 aliphatic rings. The third-order valence-electron chi connectivity index (χ3n) is 6.16. The number of anilines is 2. The van der Waals surface area contributed by atoms with Crippen LogP contribution in [0.25, 0.3) is 11.0 Å². The van der Waals surface area contributed by atoms with Gasteiger partial charge in [0.2, 0.25) is 0 Å². The first-order valence-electron chi connectivity index (χ1n) is 11.5. The van der Waals surface area contributed by atoms with Crippen molar-refractivity contribution in [2.45, 2.75) is 6.54 Å². The summed E-state index contributed by atoms with van der Waals surface area (Å²) in [7, 11) is 1.67. The fourth-order valence-corrected chi connectivity index (χ4v) is 4.28. The Hall–Kier alpha value is -4.21. The predicted molar refractivity (Wildman–Crippen MR) is 131 cm³/mol. The van der Waals surface area contributed by atoms with Crippen LogP contribution >= 0.6 is 0 Å². The van der Waals surface area contributed by atoms with E-state index >= 15 is 0 Å². The van der Waals surface area contributed by atoms with Crippen LogP contribution in [0.4, 0.5) is 15.9 Å². The van der Waals surface area contributed by atoms with E-state index in [2.05, 4.69) is 42.3 Å². The molecule has 9 nitrogen and oxygen atoms in total. The van der Waals surface area contributed by atoms with E-state index in [0.29, 0.717) is 18.7 Å². The van der Waals surface area contributed by atoms with Crippen LogP contribution in [0, 0.1) is 5.82 Å². The number of methoxy groups -OCH3 is 1. The number of nitrogens with zero attached hydrogens (tertiary/aromatic N) is 6. The van der Waals surface area contributed by atoms with Gasteiger partial charge in [0, 0.05) is 38.4 Å². The standard InChI is InChI=1S/C25H26FN7O2/c1-35-19-8-6-18(7-9-19)31-12-14-32(15-13-31)23-21-16-30-33(24(21)29-17-28-23)11-10-27-25(34)20-4-2-3-5-22(20)26/h2-9,16-17H,10-15H2,1H3,(H,27,34). The summed E-state index contributed by atoms with van der Waals surface area (Å²) >= 11 is 0. The van der Waals surface area contributed by atoms with Gasteiger partial charge in [0.05, 0.1) is 30.8 Å². The largest absolute Gasteiger partial charge is 0.497 e. The Labute approximate surface area is 202 Å². The topological polar surface area (TPSA) is 88.4 Å². The van der Waals surface area contributed by atoms with Crippen LogP contribution < -0.4 is 19.9 Å². The van der Waals surface area contributed by atoms with Gasteiger partial charge in [0.25, 0.3) is 5.91 Å². The molecule has 2 aromatic carbocycles. The number of piperazine rings is 1. The molecule has 0 radical (unpaired) electrons. The van der Waals surface area contributed by atoms with Gasteiger partial charge in [-0.05, 0) is 36.4 Å². The summed E-state index contributed by atoms with van der Waals surface area (Å²) in [5.74, 6) is 0.703. The molecule has 4 aromatic rings. The van der Waals surface area contributed by atoms with Gasteiger partial charge in [-0.25, -0.2) is 19.0 Å². The summed E-state index contributed by atoms with van der Waals surface area (Å²) in [4.78, 5) is 25.8. The van der Waals surface area contributed by atoms with E-state index in [-0.39, 0.29) is 5.56 Å². The smallest absolute Gasteiger partial charge is 0.254 e. The van der Waals surface area contributed by atoms with Crippen LogP contribution in [-0.4, -0.2) is 65.5 Å². The summed E-state index contributed by atoms with van der Waals surface area (Å²) in [5, 5.41) is 8.06. The minimum Gasteiger partial charge on any atom is -0.497 e. The molecule has 1 aliphatic heterocycles. The second-order valence-electron chi connectivity index (χ2n) is 8.21. The number of nitrogens with one attached hydrogen (secondary N) is 1. The highest BCUT2D eigenvalue weighted by Crippen LogP contribution is 2.26. The zero-order chi connectivity index (χ0) is 24.2. The zero-order valence-electron chi connectivity index (χ0n) is 19.4. The number of hydrogen-bond donors (Lipinski definition) is 1. The van der Waals surface area contributed by atoms with Crippen LogP contribution in [0.15, 0.2) is 61.1 Å². The van der Waals surface area contributed by atoms with Crippen molar-refractivity contribution in [3.63, 3.8) is 0 Å². The second-order valence-corrected chi connectivity index (χ2v) is 8.21. The molecule has 0 atom stereocenters. The Morgan fingerprint density at radius 1 is 1.03 bits per heavy atom. The number of fused-ring (bicyclic) bond motifs is 1. The molecule has 0 saturated carbocycles. The molecule has 5 rings (SSSR count). The van der Waals surface area contributed by atoms with Crippen molar-refractivity contribution < 1.29 is 13.9 Å². The molecule has 10 heteroatoms. The lowest BCUT2D eigenvalue weighted by atomic mass is 10.2. The van der Waals surface area contributed by atoms with Crippen molar-refractivity contribution in [1.82, 2.24) is 25.1 Å². The number of carbonyl (C=O) groups excluding carboxylic acids is 1. The summed E-state index contributed by atoms with van der Waals surface area (Å²) in [6, 6.07) is 14.0. The number of halogens is 1. The quantitative estimate of drug-likeness (QED) is 0.440. The highest BCUT2D eigenvalue weighted by molar-refractivity contribution is 5.94. The minimum absolute atomic E-state index is 0.0243. The fraction of sp³-hybridized carbons (Fsp3) is 0.280. The van der Waals surface area contributed by atoms with Gasteiger partial charge >= 0.3 is 0 Å². The molecule has 1 saturated heterocycles. The van der Waals surface area contributed by atoms with Crippen LogP contribution in [-0.2, 0) is 6.54 Å². The fourth-order valence-electron chi connectivity index (χ4n) is 4.28. The Kier molecular flexibility index (Phi) is 6.42. The van der Waals surface area contributed by atoms with Crippen LogP contribution in [0.5, 0.6) is 5.75 Å². The molecule has 0 spiro atoms. The van der Waals surface area contributed by atoms with Crippen molar-refractivity contribution in [2.24, 2.45) is 0 Å². The first-order chi connectivity index (χ1) is 17.1. The van der Waals surface area contributed by atoms with Gasteiger partial charge in [-0.3, -0.25) is 4.79 Å². The Morgan fingerprint density at radius 3 is 2.51 bits per heavy atom. The number of aromatic nitrogens is 4. The van der Waals surface area contributed by atoms with Crippen molar-refractivity contribution in [2.75, 3.05) is 49.6 Å². The number of carbonyl (C=O) groups is 1. The maximum Gasteiger partial charge on any atom is 0.254 e. The van der Waals surface area contributed by atoms with Gasteiger partial charge in [0.15, 0.2) is 5.65 Å². The van der Waals surface area contributed by atoms with Gasteiger partial charge < -0.3 is 19.9 Å². The predicted octanol–water partition coefficient (Wildman–Crippen LogP) is 2.73. The number of rotatable bonds is 7. The Bertz CT molecular complexity index is 1320. The third-order valence-corrected chi connectivity index (χ3v) is 6.16. The lowest BCUT2D eigenvalue weighted by Gasteiger charge is -2.36. The molecular formula is C25H26FN7O2. The normalized spacial score (nSPS) is 13.8. The highest BCUT2D eigenvalue weighted by atomic mass is 19.1. The van der Waals surface area contributed by atoms with Crippen LogP contribution in [0.2, 0.25) is 0 Å². The molecule has 0 bridgehead atoms. The highest BCUT2D eigenvalue weighted by Gasteiger charge is 2.21. The number of hydrogen-bond acceptors (Lipinski definition) is 7. The van der Waals surface area contributed by atoms with E-state index in [1.807, 2.05) is 12.1 Å². The summed E-state index contributed by atoms with van der Waals surface area (Å²) in [6.45, 7) is 4.08. The van der Waals surface area contributed by atoms with Crippen molar-refractivity contribution in [3.8, 4) is 5.75 Å². The molecular weight excluding hydrogens is 449 g/mol. The first-order valence-corrected chi connectivity index (χ1v) is 11.5. The number of benzene rings is 2. The molecule has 35 heavy (non-hydrogen) atoms. The second kappa shape index (κ2) is 9.96. The van der Waals surface area contributed by atoms with E-state index < -0.39 is 11.7 Å². The summed E-state index contributed by atoms with van der Waals surface area (Å²) in [6.07, 6.45) is 3.31. The monoisotopic (exact) mass is 475 g/mol. The Balaban J connectivity index is 1.22. The zero-order valence-corrected chi connectivity index (χ0v) is 19.4. The summed E-state index contributed by atoms with van der Waals surface area (Å²) in [5.41, 5.74) is 1.90. The molecule has 0 aliphatic carbocycles. The van der Waals surface area contributed by atoms with E-state index in [1.165, 1.54) is 17.8 Å². The maximum atomic E-state index is 13.8. The minimum atomic E-state index is -0.543. The van der Waals surface area contributed by atoms with Crippen LogP contribution in [0.3, 0.4) is 0 Å². The van der Waals surface area contributed by atoms with Crippen molar-refractivity contribution >= 4 is 28.4 Å². The van der Waals surface area contributed by atoms with E-state index in [1.54, 1.807) is 36.4 Å². The first kappa shape index (κ1) is 22.6. The van der Waals surface area contributed by atoms with Crippen molar-refractivity contribution in [1.29, 1.82) is 0 Å². The molecule has 1 amide bonds. The lowest BCUT2D eigenvalue weighted by Crippen LogP contribution is -2.46. The molecule has 2 aromatic heterocycles. The molecule has 3 heterocycles. The van der Waals surface area contributed by atoms with Gasteiger partial charge in [-0.15, -0.1) is 0 Å². The number of amides is 1. The van der Waals surface area contributed by atoms with E-state index in [4.69, 9.17) is 4.74 Å². The van der Waals surface area contributed by atoms with Gasteiger partial charge in [-0.1, -0.05) is 12.1 Å². The molecule has 1 fully saturated rings. The van der Waals surface area contributed by atoms with E-state index in [0.717, 1.165) is 43.1 Å². The van der Waals surface area contributed by atoms with Gasteiger partial charge in [-0.2, -0.15) is 5.10 Å². The molecule has 1 N–H and O–H groups in total. The van der Waals surface area contributed by atoms with E-state index in [9.17, 15) is 9.18 Å². The Morgan fingerprint density at radius 2 is 1.77 bits per heavy atom. The maximum absolute atomic E-state index is 13.8. The van der Waals surface area contributed by atoms with Crippen molar-refractivity contribution in [3.05, 3.63) is 72.4 Å². The number of ether oxygens (including phenoxy) is 1. The lowest BCUT2D eigenvalue weighted by molar-refractivity contribution is 0.0948. The van der Waals surface area contributed by atoms with Crippen LogP contribution in [0.1, 0.15) is 10.4 Å². The molecule has 180 valence electrons. The SMILES string of the molecule is COc1ccc(N2CCN(c3ncnc4c3cnn4CCNC(=O)c3ccccc3F)CC2)cc1. The summed E-state index contributed by atoms with van der Waals surface area (Å²) < 4.78 is 20.8. The average Bonchev–Trinajstić information content (AvgIpc) is 3.32. The third kappa shape index (κ3) is 4.72. The molecule has 0 unspecified atom stereocenters. The average molecular weight is 476 g/mol.